The van der Waals surface area contributed by atoms with Gasteiger partial charge >= 0.3 is 5.97 Å². The van der Waals surface area contributed by atoms with Crippen LogP contribution in [-0.2, 0) is 14.6 Å². The Hall–Kier alpha value is -1.40. The molecule has 0 aromatic heterocycles. The van der Waals surface area contributed by atoms with Crippen LogP contribution in [0.15, 0.2) is 35.2 Å². The highest BCUT2D eigenvalue weighted by molar-refractivity contribution is 7.92. The number of benzene rings is 1. The molecule has 94 valence electrons. The molecular weight excluding hydrogens is 242 g/mol. The van der Waals surface area contributed by atoms with Crippen molar-refractivity contribution < 1.29 is 18.3 Å². The van der Waals surface area contributed by atoms with Crippen molar-refractivity contribution in [3.63, 3.8) is 0 Å². The molecule has 0 bridgehead atoms. The smallest absolute Gasteiger partial charge is 0.317 e. The number of nitrogens with one attached hydrogen (secondary N) is 1. The van der Waals surface area contributed by atoms with Crippen molar-refractivity contribution in [3.05, 3.63) is 30.3 Å². The van der Waals surface area contributed by atoms with Crippen LogP contribution in [0.1, 0.15) is 13.3 Å². The summed E-state index contributed by atoms with van der Waals surface area (Å²) in [4.78, 5) is 10.6. The lowest BCUT2D eigenvalue weighted by molar-refractivity contribution is -0.136. The molecule has 0 saturated heterocycles. The van der Waals surface area contributed by atoms with Gasteiger partial charge in [0.2, 0.25) is 0 Å². The lowest BCUT2D eigenvalue weighted by Gasteiger charge is -2.16. The molecule has 0 aliphatic rings. The Morgan fingerprint density at radius 1 is 1.35 bits per heavy atom. The fraction of sp³-hybridized carbons (Fsp3) is 0.364. The molecule has 17 heavy (non-hydrogen) atoms. The summed E-state index contributed by atoms with van der Waals surface area (Å²) in [5.74, 6) is -1.08. The van der Waals surface area contributed by atoms with Crippen LogP contribution >= 0.6 is 0 Å². The van der Waals surface area contributed by atoms with Crippen LogP contribution in [0.3, 0.4) is 0 Å². The third-order valence-corrected chi connectivity index (χ3v) is 4.48. The van der Waals surface area contributed by atoms with Gasteiger partial charge in [-0.25, -0.2) is 8.42 Å². The summed E-state index contributed by atoms with van der Waals surface area (Å²) in [5, 5.41) is 10.2. The van der Waals surface area contributed by atoms with Crippen molar-refractivity contribution in [1.82, 2.24) is 5.32 Å². The van der Waals surface area contributed by atoms with Crippen molar-refractivity contribution in [2.45, 2.75) is 23.6 Å². The van der Waals surface area contributed by atoms with E-state index in [1.54, 1.807) is 25.1 Å². The number of carboxylic acid groups (broad SMARTS) is 1. The summed E-state index contributed by atoms with van der Waals surface area (Å²) >= 11 is 0. The zero-order chi connectivity index (χ0) is 12.9. The van der Waals surface area contributed by atoms with Gasteiger partial charge in [-0.3, -0.25) is 10.1 Å². The first-order chi connectivity index (χ1) is 7.98. The molecule has 0 spiro atoms. The molecule has 0 fully saturated rings. The van der Waals surface area contributed by atoms with E-state index >= 15 is 0 Å². The summed E-state index contributed by atoms with van der Waals surface area (Å²) in [6, 6.07) is 8.00. The maximum atomic E-state index is 12.1. The molecule has 5 nitrogen and oxygen atoms in total. The van der Waals surface area contributed by atoms with E-state index in [-0.39, 0.29) is 11.4 Å². The van der Waals surface area contributed by atoms with Gasteiger partial charge in [-0.1, -0.05) is 25.1 Å². The minimum Gasteiger partial charge on any atom is -0.480 e. The van der Waals surface area contributed by atoms with Gasteiger partial charge < -0.3 is 5.11 Å². The van der Waals surface area contributed by atoms with Gasteiger partial charge in [0.1, 0.15) is 5.37 Å². The van der Waals surface area contributed by atoms with E-state index in [9.17, 15) is 13.2 Å². The summed E-state index contributed by atoms with van der Waals surface area (Å²) in [7, 11) is -3.52. The Morgan fingerprint density at radius 3 is 2.41 bits per heavy atom. The van der Waals surface area contributed by atoms with E-state index in [0.29, 0.717) is 6.42 Å². The molecule has 1 rings (SSSR count). The molecule has 1 aromatic carbocycles. The van der Waals surface area contributed by atoms with Gasteiger partial charge in [-0.2, -0.15) is 0 Å². The third kappa shape index (κ3) is 3.54. The van der Waals surface area contributed by atoms with E-state index in [4.69, 9.17) is 5.11 Å². The summed E-state index contributed by atoms with van der Waals surface area (Å²) in [6.45, 7) is 1.32. The minimum atomic E-state index is -3.52. The monoisotopic (exact) mass is 257 g/mol. The van der Waals surface area contributed by atoms with Crippen molar-refractivity contribution in [2.24, 2.45) is 0 Å². The highest BCUT2D eigenvalue weighted by Crippen LogP contribution is 2.15. The second kappa shape index (κ2) is 5.79. The van der Waals surface area contributed by atoms with Crippen LogP contribution in [0, 0.1) is 0 Å². The molecule has 0 aliphatic carbocycles. The van der Waals surface area contributed by atoms with Crippen LogP contribution in [0.25, 0.3) is 0 Å². The van der Waals surface area contributed by atoms with Gasteiger partial charge in [-0.15, -0.1) is 0 Å². The standard InChI is InChI=1S/C11H15NO4S/c1-2-10(12-8-11(13)14)17(15,16)9-6-4-3-5-7-9/h3-7,10,12H,2,8H2,1H3,(H,13,14). The fourth-order valence-electron chi connectivity index (χ4n) is 1.45. The second-order valence-corrected chi connectivity index (χ2v) is 5.66. The number of rotatable bonds is 6. The SMILES string of the molecule is CCC(NCC(=O)O)S(=O)(=O)c1ccccc1. The Kier molecular flexibility index (Phi) is 4.65. The predicted octanol–water partition coefficient (Wildman–Crippen LogP) is 0.871. The second-order valence-electron chi connectivity index (χ2n) is 3.53. The Balaban J connectivity index is 2.91. The van der Waals surface area contributed by atoms with Gasteiger partial charge in [0.15, 0.2) is 9.84 Å². The number of aliphatic carboxylic acids is 1. The topological polar surface area (TPSA) is 83.5 Å². The first-order valence-corrected chi connectivity index (χ1v) is 6.77. The van der Waals surface area contributed by atoms with Crippen molar-refractivity contribution in [3.8, 4) is 0 Å². The average molecular weight is 257 g/mol. The van der Waals surface area contributed by atoms with E-state index in [0.717, 1.165) is 0 Å². The molecule has 0 heterocycles. The quantitative estimate of drug-likeness (QED) is 0.790. The van der Waals surface area contributed by atoms with Crippen molar-refractivity contribution >= 4 is 15.8 Å². The molecule has 1 aromatic rings. The summed E-state index contributed by atoms with van der Waals surface area (Å²) < 4.78 is 24.2. The Bertz CT molecular complexity index is 470. The van der Waals surface area contributed by atoms with Crippen LogP contribution in [0.2, 0.25) is 0 Å². The van der Waals surface area contributed by atoms with E-state index in [1.165, 1.54) is 12.1 Å². The Morgan fingerprint density at radius 2 is 1.94 bits per heavy atom. The lowest BCUT2D eigenvalue weighted by atomic mass is 10.4. The van der Waals surface area contributed by atoms with Crippen LogP contribution < -0.4 is 5.32 Å². The highest BCUT2D eigenvalue weighted by Gasteiger charge is 2.25. The maximum Gasteiger partial charge on any atom is 0.317 e. The number of hydrogen-bond donors (Lipinski definition) is 2. The fourth-order valence-corrected chi connectivity index (χ4v) is 3.06. The zero-order valence-electron chi connectivity index (χ0n) is 9.46. The molecule has 6 heteroatoms. The van der Waals surface area contributed by atoms with E-state index < -0.39 is 21.2 Å². The number of hydrogen-bond acceptors (Lipinski definition) is 4. The largest absolute Gasteiger partial charge is 0.480 e. The van der Waals surface area contributed by atoms with E-state index in [1.807, 2.05) is 0 Å². The third-order valence-electron chi connectivity index (χ3n) is 2.30. The minimum absolute atomic E-state index is 0.199. The summed E-state index contributed by atoms with van der Waals surface area (Å²) in [6.07, 6.45) is 0.310. The number of sulfone groups is 1. The Labute approximate surface area is 100 Å². The van der Waals surface area contributed by atoms with Crippen molar-refractivity contribution in [2.75, 3.05) is 6.54 Å². The van der Waals surface area contributed by atoms with Crippen molar-refractivity contribution in [1.29, 1.82) is 0 Å². The van der Waals surface area contributed by atoms with Gasteiger partial charge in [0.05, 0.1) is 11.4 Å². The zero-order valence-corrected chi connectivity index (χ0v) is 10.3. The van der Waals surface area contributed by atoms with Gasteiger partial charge in [-0.05, 0) is 18.6 Å². The van der Waals surface area contributed by atoms with Gasteiger partial charge in [0, 0.05) is 0 Å². The molecule has 0 radical (unpaired) electrons. The molecule has 0 amide bonds. The van der Waals surface area contributed by atoms with Crippen LogP contribution in [0.4, 0.5) is 0 Å². The molecule has 0 saturated carbocycles. The average Bonchev–Trinajstić information content (AvgIpc) is 2.30. The van der Waals surface area contributed by atoms with Gasteiger partial charge in [0.25, 0.3) is 0 Å². The van der Waals surface area contributed by atoms with E-state index in [2.05, 4.69) is 5.32 Å². The molecule has 0 aliphatic heterocycles. The molecule has 1 atom stereocenters. The maximum absolute atomic E-state index is 12.1. The molecule has 1 unspecified atom stereocenters. The first kappa shape index (κ1) is 13.7. The normalized spacial score (nSPS) is 13.2. The predicted molar refractivity (Wildman–Crippen MR) is 63.3 cm³/mol. The van der Waals surface area contributed by atoms with Crippen LogP contribution in [0.5, 0.6) is 0 Å². The number of carbonyl (C=O) groups is 1. The highest BCUT2D eigenvalue weighted by atomic mass is 32.2. The van der Waals surface area contributed by atoms with Crippen LogP contribution in [-0.4, -0.2) is 31.4 Å². The molecular formula is C11H15NO4S. The lowest BCUT2D eigenvalue weighted by Crippen LogP contribution is -2.39. The summed E-state index contributed by atoms with van der Waals surface area (Å²) in [5.41, 5.74) is 0. The number of carboxylic acids is 1. The molecule has 2 N–H and O–H groups in total. The first-order valence-electron chi connectivity index (χ1n) is 5.22.